The summed E-state index contributed by atoms with van der Waals surface area (Å²) in [6, 6.07) is 0. The summed E-state index contributed by atoms with van der Waals surface area (Å²) in [6.45, 7) is -1.09. The van der Waals surface area contributed by atoms with E-state index in [1.807, 2.05) is 0 Å². The number of phosphoric acid groups is 3. The molecule has 0 spiro atoms. The maximum atomic E-state index is 11.1. The number of ether oxygens (including phenoxy) is 1. The molecule has 1 heterocycles. The van der Waals surface area contributed by atoms with Crippen LogP contribution in [0.2, 0.25) is 0 Å². The van der Waals surface area contributed by atoms with Crippen LogP contribution in [0.15, 0.2) is 0 Å². The van der Waals surface area contributed by atoms with Crippen LogP contribution in [0.5, 0.6) is 0 Å². The Hall–Kier alpha value is 0.250. The second-order valence-corrected chi connectivity index (χ2v) is 8.09. The molecule has 0 amide bonds. The Balaban J connectivity index is 2.60. The molecule has 0 saturated carbocycles. The van der Waals surface area contributed by atoms with Gasteiger partial charge in [0, 0.05) is 0 Å². The Morgan fingerprint density at radius 1 is 0.909 bits per heavy atom. The van der Waals surface area contributed by atoms with E-state index in [0.29, 0.717) is 0 Å². The molecule has 1 saturated heterocycles. The molecule has 0 bridgehead atoms. The second-order valence-electron chi connectivity index (χ2n) is 3.85. The van der Waals surface area contributed by atoms with Gasteiger partial charge >= 0.3 is 0 Å². The number of hydrogen-bond donors (Lipinski definition) is 3. The zero-order valence-electron chi connectivity index (χ0n) is 10.2. The fourth-order valence-corrected chi connectivity index (χ4v) is 4.18. The molecule has 17 heteroatoms. The molecule has 2 unspecified atom stereocenters. The van der Waals surface area contributed by atoms with Crippen LogP contribution in [-0.2, 0) is 31.6 Å². The lowest BCUT2D eigenvalue weighted by Gasteiger charge is -2.37. The summed E-state index contributed by atoms with van der Waals surface area (Å²) in [6.07, 6.45) is -6.92. The maximum absolute atomic E-state index is 11.1. The first-order valence-electron chi connectivity index (χ1n) is 5.13. The zero-order valence-corrected chi connectivity index (χ0v) is 12.9. The number of aliphatic hydroxyl groups excluding tert-OH is 3. The Bertz CT molecular complexity index is 527. The summed E-state index contributed by atoms with van der Waals surface area (Å²) in [7, 11) is -17.9. The van der Waals surface area contributed by atoms with Crippen molar-refractivity contribution in [2.75, 3.05) is 6.61 Å². The number of aliphatic hydroxyl groups is 3. The third-order valence-electron chi connectivity index (χ3n) is 2.13. The fourth-order valence-electron chi connectivity index (χ4n) is 1.31. The van der Waals surface area contributed by atoms with Gasteiger partial charge in [-0.15, -0.1) is 0 Å². The molecule has 0 aromatic carbocycles. The lowest BCUT2D eigenvalue weighted by atomic mass is 10.1. The van der Waals surface area contributed by atoms with Gasteiger partial charge in [-0.25, -0.2) is 4.31 Å². The van der Waals surface area contributed by atoms with Crippen molar-refractivity contribution in [3.8, 4) is 0 Å². The van der Waals surface area contributed by atoms with Crippen molar-refractivity contribution in [1.82, 2.24) is 0 Å². The van der Waals surface area contributed by atoms with Crippen molar-refractivity contribution in [1.29, 1.82) is 0 Å². The summed E-state index contributed by atoms with van der Waals surface area (Å²) >= 11 is 0. The highest BCUT2D eigenvalue weighted by Crippen LogP contribution is 2.60. The molecule has 22 heavy (non-hydrogen) atoms. The SMILES string of the molecule is O=P([O-])([O-])OP(=O)([O-])OP(=O)([O-])OC[C@H]1O[C@H](O)[C@H](O)[C@@H]1O. The molecule has 1 aliphatic heterocycles. The van der Waals surface area contributed by atoms with Crippen LogP contribution in [-0.4, -0.2) is 46.5 Å². The molecule has 3 N–H and O–H groups in total. The zero-order chi connectivity index (χ0) is 17.3. The minimum Gasteiger partial charge on any atom is -0.790 e. The summed E-state index contributed by atoms with van der Waals surface area (Å²) in [4.78, 5) is 42.1. The van der Waals surface area contributed by atoms with Crippen LogP contribution in [0, 0.1) is 0 Å². The number of hydrogen-bond acceptors (Lipinski definition) is 14. The van der Waals surface area contributed by atoms with Gasteiger partial charge in [-0.05, 0) is 0 Å². The summed E-state index contributed by atoms with van der Waals surface area (Å²) in [5.74, 6) is 0. The van der Waals surface area contributed by atoms with Gasteiger partial charge in [0.15, 0.2) is 6.29 Å². The molecular weight excluding hydrogens is 377 g/mol. The van der Waals surface area contributed by atoms with E-state index < -0.39 is 54.7 Å². The Kier molecular flexibility index (Phi) is 6.47. The van der Waals surface area contributed by atoms with Crippen molar-refractivity contribution < 1.29 is 66.5 Å². The van der Waals surface area contributed by atoms with Crippen molar-refractivity contribution in [2.45, 2.75) is 24.6 Å². The lowest BCUT2D eigenvalue weighted by molar-refractivity contribution is -0.339. The molecule has 1 fully saturated rings. The minimum absolute atomic E-state index is 1.09. The average molecular weight is 386 g/mol. The lowest BCUT2D eigenvalue weighted by Crippen LogP contribution is -2.34. The van der Waals surface area contributed by atoms with E-state index in [0.717, 1.165) is 0 Å². The quantitative estimate of drug-likeness (QED) is 0.348. The van der Waals surface area contributed by atoms with E-state index in [1.54, 1.807) is 0 Å². The molecule has 0 aliphatic carbocycles. The topological polar surface area (TPSA) is 241 Å². The summed E-state index contributed by atoms with van der Waals surface area (Å²) in [5.41, 5.74) is 0. The Morgan fingerprint density at radius 2 is 1.45 bits per heavy atom. The summed E-state index contributed by atoms with van der Waals surface area (Å²) < 4.78 is 46.6. The average Bonchev–Trinajstić information content (AvgIpc) is 2.49. The van der Waals surface area contributed by atoms with Crippen LogP contribution < -0.4 is 19.6 Å². The van der Waals surface area contributed by atoms with Crippen LogP contribution in [0.4, 0.5) is 0 Å². The fraction of sp³-hybridized carbons (Fsp3) is 1.00. The number of phosphoric ester groups is 1. The molecule has 132 valence electrons. The summed E-state index contributed by atoms with van der Waals surface area (Å²) in [5, 5.41) is 27.4. The highest BCUT2D eigenvalue weighted by atomic mass is 31.3. The van der Waals surface area contributed by atoms with Crippen molar-refractivity contribution in [3.63, 3.8) is 0 Å². The van der Waals surface area contributed by atoms with Crippen molar-refractivity contribution in [3.05, 3.63) is 0 Å². The molecule has 0 aromatic heterocycles. The van der Waals surface area contributed by atoms with E-state index in [4.69, 9.17) is 10.2 Å². The van der Waals surface area contributed by atoms with Crippen LogP contribution >= 0.6 is 23.5 Å². The predicted molar refractivity (Wildman–Crippen MR) is 53.8 cm³/mol. The molecule has 0 aromatic rings. The first kappa shape index (κ1) is 20.3. The van der Waals surface area contributed by atoms with Gasteiger partial charge < -0.3 is 48.7 Å². The van der Waals surface area contributed by atoms with E-state index >= 15 is 0 Å². The normalized spacial score (nSPS) is 35.0. The third kappa shape index (κ3) is 6.40. The highest BCUT2D eigenvalue weighted by Gasteiger charge is 2.42. The monoisotopic (exact) mass is 386 g/mol. The first-order valence-corrected chi connectivity index (χ1v) is 9.52. The van der Waals surface area contributed by atoms with Crippen molar-refractivity contribution in [2.24, 2.45) is 0 Å². The third-order valence-corrected chi connectivity index (χ3v) is 5.80. The van der Waals surface area contributed by atoms with Crippen LogP contribution in [0.3, 0.4) is 0 Å². The van der Waals surface area contributed by atoms with E-state index in [-0.39, 0.29) is 0 Å². The molecule has 1 rings (SSSR count). The molecule has 1 aliphatic rings. The Labute approximate surface area is 122 Å². The highest BCUT2D eigenvalue weighted by molar-refractivity contribution is 7.64. The van der Waals surface area contributed by atoms with Crippen LogP contribution in [0.1, 0.15) is 0 Å². The van der Waals surface area contributed by atoms with Crippen molar-refractivity contribution >= 4 is 23.5 Å². The van der Waals surface area contributed by atoms with E-state index in [9.17, 15) is 38.4 Å². The van der Waals surface area contributed by atoms with Gasteiger partial charge in [0.25, 0.3) is 15.6 Å². The standard InChI is InChI=1S/C5H13O14P3/c6-3-2(17-5(8)4(3)7)1-16-21(12,13)19-22(14,15)18-20(9,10)11/h2-8H,1H2,(H,12,13)(H,14,15)(H2,9,10,11)/p-4/t2-,3-,4-,5+/m1/s1. The van der Waals surface area contributed by atoms with Gasteiger partial charge in [0.1, 0.15) is 18.3 Å². The largest absolute Gasteiger partial charge is 0.790 e. The smallest absolute Gasteiger partial charge is 0.278 e. The predicted octanol–water partition coefficient (Wildman–Crippen LogP) is -4.76. The van der Waals surface area contributed by atoms with E-state index in [2.05, 4.69) is 17.9 Å². The van der Waals surface area contributed by atoms with E-state index in [1.165, 1.54) is 0 Å². The molecular formula is C5H9O14P3-4. The Morgan fingerprint density at radius 3 is 1.86 bits per heavy atom. The van der Waals surface area contributed by atoms with Gasteiger partial charge in [-0.3, -0.25) is 13.4 Å². The molecule has 14 nitrogen and oxygen atoms in total. The molecule has 0 radical (unpaired) electrons. The van der Waals surface area contributed by atoms with Gasteiger partial charge in [-0.2, -0.15) is 0 Å². The van der Waals surface area contributed by atoms with Crippen LogP contribution in [0.25, 0.3) is 0 Å². The molecule has 6 atom stereocenters. The van der Waals surface area contributed by atoms with Gasteiger partial charge in [-0.1, -0.05) is 0 Å². The second kappa shape index (κ2) is 7.01. The van der Waals surface area contributed by atoms with Gasteiger partial charge in [0.2, 0.25) is 0 Å². The first-order chi connectivity index (χ1) is 9.72. The minimum atomic E-state index is -6.09. The maximum Gasteiger partial charge on any atom is 0.278 e. The van der Waals surface area contributed by atoms with Gasteiger partial charge in [0.05, 0.1) is 14.4 Å². The number of rotatable bonds is 7.